The van der Waals surface area contributed by atoms with Gasteiger partial charge in [-0.05, 0) is 61.6 Å². The summed E-state index contributed by atoms with van der Waals surface area (Å²) in [6, 6.07) is 13.6. The van der Waals surface area contributed by atoms with Gasteiger partial charge in [0, 0.05) is 47.3 Å². The van der Waals surface area contributed by atoms with Crippen LogP contribution >= 0.6 is 23.2 Å². The molecule has 0 aliphatic heterocycles. The fourth-order valence-electron chi connectivity index (χ4n) is 4.43. The molecule has 3 rings (SSSR count). The number of aryl methyl sites for hydroxylation is 2. The zero-order chi connectivity index (χ0) is 24.8. The molecule has 1 heterocycles. The van der Waals surface area contributed by atoms with Crippen molar-refractivity contribution < 1.29 is 14.7 Å². The van der Waals surface area contributed by atoms with Gasteiger partial charge in [-0.15, -0.1) is 0 Å². The molecule has 2 aromatic carbocycles. The summed E-state index contributed by atoms with van der Waals surface area (Å²) in [6.45, 7) is 1.75. The van der Waals surface area contributed by atoms with E-state index in [1.807, 2.05) is 43.4 Å². The minimum absolute atomic E-state index is 0.147. The lowest BCUT2D eigenvalue weighted by Gasteiger charge is -2.20. The lowest BCUT2D eigenvalue weighted by Crippen LogP contribution is -2.34. The molecular formula is C27H32Cl2N2O3. The van der Waals surface area contributed by atoms with E-state index in [0.717, 1.165) is 60.1 Å². The largest absolute Gasteiger partial charge is 0.481 e. The normalized spacial score (nSPS) is 12.1. The van der Waals surface area contributed by atoms with Crippen LogP contribution in [0, 0.1) is 5.92 Å². The van der Waals surface area contributed by atoms with E-state index in [4.69, 9.17) is 23.2 Å². The number of carboxylic acid groups (broad SMARTS) is 1. The highest BCUT2D eigenvalue weighted by Crippen LogP contribution is 2.30. The molecular weight excluding hydrogens is 471 g/mol. The molecule has 7 heteroatoms. The summed E-state index contributed by atoms with van der Waals surface area (Å²) in [5.41, 5.74) is 3.79. The molecule has 0 fully saturated rings. The van der Waals surface area contributed by atoms with Crippen molar-refractivity contribution in [2.45, 2.75) is 45.4 Å². The summed E-state index contributed by atoms with van der Waals surface area (Å²) >= 11 is 12.3. The van der Waals surface area contributed by atoms with E-state index in [1.165, 1.54) is 10.5 Å². The van der Waals surface area contributed by atoms with E-state index in [9.17, 15) is 14.7 Å². The molecule has 182 valence electrons. The molecule has 0 radical (unpaired) electrons. The van der Waals surface area contributed by atoms with Crippen LogP contribution < -0.4 is 0 Å². The summed E-state index contributed by atoms with van der Waals surface area (Å²) in [5, 5.41) is 11.4. The molecule has 1 amide bonds. The van der Waals surface area contributed by atoms with Gasteiger partial charge < -0.3 is 14.6 Å². The third-order valence-corrected chi connectivity index (χ3v) is 6.80. The van der Waals surface area contributed by atoms with Gasteiger partial charge in [-0.3, -0.25) is 9.59 Å². The van der Waals surface area contributed by atoms with Crippen LogP contribution in [-0.4, -0.2) is 40.0 Å². The third kappa shape index (κ3) is 6.34. The Hall–Kier alpha value is -2.50. The Bertz CT molecular complexity index is 1170. The molecule has 0 saturated carbocycles. The van der Waals surface area contributed by atoms with E-state index < -0.39 is 11.9 Å². The van der Waals surface area contributed by atoms with Crippen LogP contribution in [0.5, 0.6) is 0 Å². The summed E-state index contributed by atoms with van der Waals surface area (Å²) in [6.07, 6.45) is 5.98. The fourth-order valence-corrected chi connectivity index (χ4v) is 4.82. The van der Waals surface area contributed by atoms with Crippen LogP contribution in [0.3, 0.4) is 0 Å². The van der Waals surface area contributed by atoms with Crippen LogP contribution in [0.15, 0.2) is 42.5 Å². The topological polar surface area (TPSA) is 62.5 Å². The van der Waals surface area contributed by atoms with Gasteiger partial charge in [-0.1, -0.05) is 55.1 Å². The maximum atomic E-state index is 13.4. The summed E-state index contributed by atoms with van der Waals surface area (Å²) in [7, 11) is 3.63. The number of benzene rings is 2. The maximum Gasteiger partial charge on any atom is 0.308 e. The highest BCUT2D eigenvalue weighted by Gasteiger charge is 2.25. The first-order chi connectivity index (χ1) is 16.2. The number of fused-ring (bicyclic) bond motifs is 1. The number of hydrogen-bond donors (Lipinski definition) is 1. The highest BCUT2D eigenvalue weighted by atomic mass is 35.5. The van der Waals surface area contributed by atoms with E-state index >= 15 is 0 Å². The zero-order valence-corrected chi connectivity index (χ0v) is 21.5. The number of aromatic nitrogens is 1. The van der Waals surface area contributed by atoms with E-state index in [2.05, 4.69) is 10.6 Å². The van der Waals surface area contributed by atoms with Crippen LogP contribution in [0.4, 0.5) is 0 Å². The number of carbonyl (C=O) groups is 2. The monoisotopic (exact) mass is 502 g/mol. The molecule has 0 aliphatic rings. The van der Waals surface area contributed by atoms with Crippen LogP contribution in [0.2, 0.25) is 10.0 Å². The molecule has 0 aliphatic carbocycles. The van der Waals surface area contributed by atoms with Crippen LogP contribution in [0.25, 0.3) is 10.9 Å². The Labute approximate surface area is 211 Å². The molecule has 1 atom stereocenters. The number of amides is 1. The first-order valence-electron chi connectivity index (χ1n) is 11.7. The summed E-state index contributed by atoms with van der Waals surface area (Å²) in [5.74, 6) is -1.73. The van der Waals surface area contributed by atoms with Crippen molar-refractivity contribution in [1.82, 2.24) is 9.47 Å². The summed E-state index contributed by atoms with van der Waals surface area (Å²) in [4.78, 5) is 26.2. The van der Waals surface area contributed by atoms with E-state index in [1.54, 1.807) is 14.0 Å². The molecule has 1 N–H and O–H groups in total. The maximum absolute atomic E-state index is 13.4. The second-order valence-corrected chi connectivity index (χ2v) is 9.88. The Morgan fingerprint density at radius 1 is 1.00 bits per heavy atom. The number of rotatable bonds is 11. The van der Waals surface area contributed by atoms with E-state index in [0.29, 0.717) is 10.6 Å². The highest BCUT2D eigenvalue weighted by molar-refractivity contribution is 6.31. The lowest BCUT2D eigenvalue weighted by atomic mass is 10.0. The van der Waals surface area contributed by atoms with Gasteiger partial charge >= 0.3 is 5.97 Å². The average Bonchev–Trinajstić information content (AvgIpc) is 3.06. The quantitative estimate of drug-likeness (QED) is 0.299. The lowest BCUT2D eigenvalue weighted by molar-refractivity contribution is -0.141. The molecule has 34 heavy (non-hydrogen) atoms. The Morgan fingerprint density at radius 3 is 2.35 bits per heavy atom. The van der Waals surface area contributed by atoms with Crippen molar-refractivity contribution in [2.75, 3.05) is 13.6 Å². The standard InChI is InChI=1S/C27H32Cl2N2O3/c1-18(27(33)34)17-30(2)26(32)25-22-16-21(29)13-14-23(22)31(3)24(25)12-7-5-4-6-9-19-10-8-11-20(28)15-19/h8,10-11,13-16,18H,4-7,9,12,17H2,1-3H3,(H,33,34). The first-order valence-corrected chi connectivity index (χ1v) is 12.4. The number of nitrogens with zero attached hydrogens (tertiary/aromatic N) is 2. The Balaban J connectivity index is 1.71. The van der Waals surface area contributed by atoms with Crippen LogP contribution in [0.1, 0.15) is 54.2 Å². The molecule has 3 aromatic rings. The molecule has 0 spiro atoms. The van der Waals surface area contributed by atoms with Crippen molar-refractivity contribution in [2.24, 2.45) is 13.0 Å². The molecule has 0 saturated heterocycles. The van der Waals surface area contributed by atoms with Gasteiger partial charge in [0.05, 0.1) is 11.5 Å². The number of carbonyl (C=O) groups excluding carboxylic acids is 1. The van der Waals surface area contributed by atoms with Gasteiger partial charge in [0.1, 0.15) is 0 Å². The molecule has 1 unspecified atom stereocenters. The second-order valence-electron chi connectivity index (χ2n) is 9.01. The van der Waals surface area contributed by atoms with Crippen molar-refractivity contribution in [3.05, 3.63) is 69.3 Å². The second kappa shape index (κ2) is 11.8. The fraction of sp³-hybridized carbons (Fsp3) is 0.407. The van der Waals surface area contributed by atoms with Crippen molar-refractivity contribution in [3.8, 4) is 0 Å². The van der Waals surface area contributed by atoms with Gasteiger partial charge in [-0.25, -0.2) is 0 Å². The minimum Gasteiger partial charge on any atom is -0.481 e. The zero-order valence-electron chi connectivity index (χ0n) is 20.0. The smallest absolute Gasteiger partial charge is 0.308 e. The minimum atomic E-state index is -0.918. The molecule has 1 aromatic heterocycles. The number of unbranched alkanes of at least 4 members (excludes halogenated alkanes) is 3. The molecule has 5 nitrogen and oxygen atoms in total. The van der Waals surface area contributed by atoms with Gasteiger partial charge in [0.25, 0.3) is 5.91 Å². The predicted octanol–water partition coefficient (Wildman–Crippen LogP) is 6.62. The first kappa shape index (κ1) is 26.1. The van der Waals surface area contributed by atoms with Gasteiger partial charge in [0.15, 0.2) is 0 Å². The van der Waals surface area contributed by atoms with Gasteiger partial charge in [-0.2, -0.15) is 0 Å². The van der Waals surface area contributed by atoms with Crippen molar-refractivity contribution in [1.29, 1.82) is 0 Å². The number of hydrogen-bond acceptors (Lipinski definition) is 2. The average molecular weight is 503 g/mol. The number of aliphatic carboxylic acids is 1. The Morgan fingerprint density at radius 2 is 1.68 bits per heavy atom. The van der Waals surface area contributed by atoms with Crippen molar-refractivity contribution >= 4 is 46.0 Å². The number of halogens is 2. The summed E-state index contributed by atoms with van der Waals surface area (Å²) < 4.78 is 2.07. The van der Waals surface area contributed by atoms with Crippen LogP contribution in [-0.2, 0) is 24.7 Å². The molecule has 0 bridgehead atoms. The van der Waals surface area contributed by atoms with Crippen molar-refractivity contribution in [3.63, 3.8) is 0 Å². The predicted molar refractivity (Wildman–Crippen MR) is 139 cm³/mol. The Kier molecular flexibility index (Phi) is 9.03. The van der Waals surface area contributed by atoms with Gasteiger partial charge in [0.2, 0.25) is 0 Å². The SMILES string of the molecule is CC(CN(C)C(=O)c1c(CCCCCCc2cccc(Cl)c2)n(C)c2ccc(Cl)cc12)C(=O)O. The van der Waals surface area contributed by atoms with E-state index in [-0.39, 0.29) is 12.5 Å². The third-order valence-electron chi connectivity index (χ3n) is 6.33. The number of carboxylic acids is 1.